The first-order valence-electron chi connectivity index (χ1n) is 16.1. The van der Waals surface area contributed by atoms with Crippen molar-refractivity contribution in [3.63, 3.8) is 0 Å². The SMILES string of the molecule is c1ccc2cc(-c3nc4ccc5ccccc5c4nc3-n3c4cccc5c4c4c(cccc43)-c3cccc4cccc-5c34)ccc2c1. The molecule has 0 amide bonds. The fourth-order valence-corrected chi connectivity index (χ4v) is 8.04. The minimum atomic E-state index is 0.838. The van der Waals surface area contributed by atoms with Gasteiger partial charge in [-0.1, -0.05) is 127 Å². The molecule has 1 aliphatic rings. The molecule has 2 aromatic heterocycles. The van der Waals surface area contributed by atoms with Gasteiger partial charge in [-0.05, 0) is 73.5 Å². The van der Waals surface area contributed by atoms with Crippen LogP contribution in [0.25, 0.3) is 104 Å². The van der Waals surface area contributed by atoms with Crippen LogP contribution in [0.5, 0.6) is 0 Å². The number of aromatic nitrogens is 3. The predicted octanol–water partition coefficient (Wildman–Crippen LogP) is 11.5. The van der Waals surface area contributed by atoms with Gasteiger partial charge in [0.15, 0.2) is 5.82 Å². The summed E-state index contributed by atoms with van der Waals surface area (Å²) in [7, 11) is 0. The van der Waals surface area contributed by atoms with Gasteiger partial charge in [-0.2, -0.15) is 0 Å². The van der Waals surface area contributed by atoms with Gasteiger partial charge in [-0.25, -0.2) is 9.97 Å². The first-order valence-corrected chi connectivity index (χ1v) is 16.1. The van der Waals surface area contributed by atoms with Gasteiger partial charge in [0.2, 0.25) is 0 Å². The van der Waals surface area contributed by atoms with E-state index in [1.807, 2.05) is 0 Å². The number of benzene rings is 8. The zero-order valence-corrected chi connectivity index (χ0v) is 25.3. The third-order valence-corrected chi connectivity index (χ3v) is 10.1. The molecule has 216 valence electrons. The highest BCUT2D eigenvalue weighted by atomic mass is 15.1. The number of fused-ring (bicyclic) bond motifs is 6. The molecule has 3 nitrogen and oxygen atoms in total. The number of hydrogen-bond acceptors (Lipinski definition) is 2. The fraction of sp³-hybridized carbons (Fsp3) is 0. The molecule has 3 heteroatoms. The molecule has 0 N–H and O–H groups in total. The molecular weight excluding hydrogens is 571 g/mol. The van der Waals surface area contributed by atoms with Crippen molar-refractivity contribution >= 4 is 65.2 Å². The Morgan fingerprint density at radius 1 is 0.404 bits per heavy atom. The topological polar surface area (TPSA) is 30.7 Å². The highest BCUT2D eigenvalue weighted by Crippen LogP contribution is 2.49. The van der Waals surface area contributed by atoms with Crippen molar-refractivity contribution in [1.82, 2.24) is 14.5 Å². The molecule has 0 unspecified atom stereocenters. The summed E-state index contributed by atoms with van der Waals surface area (Å²) in [5.41, 5.74) is 11.0. The van der Waals surface area contributed by atoms with Crippen LogP contribution in [0.3, 0.4) is 0 Å². The van der Waals surface area contributed by atoms with Gasteiger partial charge in [0.25, 0.3) is 0 Å². The monoisotopic (exact) mass is 595 g/mol. The maximum atomic E-state index is 5.59. The molecule has 0 saturated carbocycles. The molecule has 2 heterocycles. The summed E-state index contributed by atoms with van der Waals surface area (Å²) in [6.45, 7) is 0. The summed E-state index contributed by atoms with van der Waals surface area (Å²) >= 11 is 0. The van der Waals surface area contributed by atoms with E-state index in [1.165, 1.54) is 54.6 Å². The third kappa shape index (κ3) is 3.35. The van der Waals surface area contributed by atoms with Crippen LogP contribution in [0, 0.1) is 0 Å². The van der Waals surface area contributed by atoms with Crippen LogP contribution in [-0.2, 0) is 0 Å². The fourth-order valence-electron chi connectivity index (χ4n) is 8.04. The molecule has 47 heavy (non-hydrogen) atoms. The van der Waals surface area contributed by atoms with Crippen molar-refractivity contribution in [1.29, 1.82) is 0 Å². The molecule has 0 bridgehead atoms. The van der Waals surface area contributed by atoms with E-state index in [9.17, 15) is 0 Å². The summed E-state index contributed by atoms with van der Waals surface area (Å²) in [6.07, 6.45) is 0. The van der Waals surface area contributed by atoms with E-state index < -0.39 is 0 Å². The smallest absolute Gasteiger partial charge is 0.165 e. The maximum Gasteiger partial charge on any atom is 0.165 e. The van der Waals surface area contributed by atoms with Gasteiger partial charge in [0.1, 0.15) is 5.69 Å². The molecule has 8 aromatic carbocycles. The van der Waals surface area contributed by atoms with Gasteiger partial charge < -0.3 is 0 Å². The van der Waals surface area contributed by atoms with Gasteiger partial charge >= 0.3 is 0 Å². The molecule has 0 aliphatic heterocycles. The third-order valence-electron chi connectivity index (χ3n) is 10.1. The lowest BCUT2D eigenvalue weighted by molar-refractivity contribution is 1.08. The van der Waals surface area contributed by atoms with E-state index in [2.05, 4.69) is 156 Å². The van der Waals surface area contributed by atoms with Gasteiger partial charge in [-0.3, -0.25) is 4.57 Å². The van der Waals surface area contributed by atoms with Crippen molar-refractivity contribution in [2.75, 3.05) is 0 Å². The van der Waals surface area contributed by atoms with Gasteiger partial charge in [0.05, 0.1) is 22.1 Å². The Bertz CT molecular complexity index is 2870. The Labute approximate surface area is 270 Å². The quantitative estimate of drug-likeness (QED) is 0.186. The Balaban J connectivity index is 1.33. The van der Waals surface area contributed by atoms with Crippen LogP contribution in [0.2, 0.25) is 0 Å². The zero-order valence-electron chi connectivity index (χ0n) is 25.3. The van der Waals surface area contributed by atoms with Gasteiger partial charge in [0, 0.05) is 21.7 Å². The van der Waals surface area contributed by atoms with E-state index in [0.717, 1.165) is 49.9 Å². The van der Waals surface area contributed by atoms with Crippen LogP contribution < -0.4 is 0 Å². The summed E-state index contributed by atoms with van der Waals surface area (Å²) in [6, 6.07) is 54.7. The molecular formula is C44H25N3. The summed E-state index contributed by atoms with van der Waals surface area (Å²) < 4.78 is 2.37. The first kappa shape index (κ1) is 24.9. The Hall–Kier alpha value is -6.32. The van der Waals surface area contributed by atoms with Crippen LogP contribution >= 0.6 is 0 Å². The highest BCUT2D eigenvalue weighted by molar-refractivity contribution is 6.27. The average Bonchev–Trinajstić information content (AvgIpc) is 3.42. The van der Waals surface area contributed by atoms with Crippen LogP contribution in [0.15, 0.2) is 152 Å². The number of rotatable bonds is 2. The van der Waals surface area contributed by atoms with Gasteiger partial charge in [-0.15, -0.1) is 0 Å². The van der Waals surface area contributed by atoms with E-state index >= 15 is 0 Å². The molecule has 1 aliphatic carbocycles. The Morgan fingerprint density at radius 2 is 0.979 bits per heavy atom. The van der Waals surface area contributed by atoms with Crippen molar-refractivity contribution in [2.45, 2.75) is 0 Å². The molecule has 0 atom stereocenters. The highest BCUT2D eigenvalue weighted by Gasteiger charge is 2.26. The van der Waals surface area contributed by atoms with E-state index in [1.54, 1.807) is 0 Å². The zero-order chi connectivity index (χ0) is 30.6. The Morgan fingerprint density at radius 3 is 1.70 bits per heavy atom. The first-order chi connectivity index (χ1) is 23.3. The van der Waals surface area contributed by atoms with E-state index in [4.69, 9.17) is 9.97 Å². The van der Waals surface area contributed by atoms with Crippen LogP contribution in [-0.4, -0.2) is 14.5 Å². The summed E-state index contributed by atoms with van der Waals surface area (Å²) in [5, 5.41) is 9.74. The minimum absolute atomic E-state index is 0.838. The molecule has 10 aromatic rings. The van der Waals surface area contributed by atoms with Crippen molar-refractivity contribution in [3.05, 3.63) is 152 Å². The van der Waals surface area contributed by atoms with Crippen molar-refractivity contribution in [3.8, 4) is 39.3 Å². The maximum absolute atomic E-state index is 5.59. The normalized spacial score (nSPS) is 12.3. The van der Waals surface area contributed by atoms with Crippen molar-refractivity contribution < 1.29 is 0 Å². The second kappa shape index (κ2) is 9.12. The standard InChI is InChI=1S/C44H25N3/c1-2-11-29-25-30(22-21-26(29)9-1)42-44(46-43-31-14-4-3-10-27(31)23-24-36(43)45-42)47-37-19-7-17-34-32-15-5-12-28-13-6-16-33(39(28)32)35-18-8-20-38(47)41(35)40(34)37/h1-25H. The lowest BCUT2D eigenvalue weighted by Gasteiger charge is -2.16. The lowest BCUT2D eigenvalue weighted by atomic mass is 9.93. The lowest BCUT2D eigenvalue weighted by Crippen LogP contribution is -2.04. The molecule has 0 fully saturated rings. The molecule has 0 radical (unpaired) electrons. The largest absolute Gasteiger partial charge is 0.292 e. The van der Waals surface area contributed by atoms with E-state index in [0.29, 0.717) is 0 Å². The number of hydrogen-bond donors (Lipinski definition) is 0. The summed E-state index contributed by atoms with van der Waals surface area (Å²) in [5.74, 6) is 0.838. The van der Waals surface area contributed by atoms with Crippen LogP contribution in [0.1, 0.15) is 0 Å². The van der Waals surface area contributed by atoms with Crippen LogP contribution in [0.4, 0.5) is 0 Å². The molecule has 11 rings (SSSR count). The number of nitrogens with zero attached hydrogens (tertiary/aromatic N) is 3. The second-order valence-electron chi connectivity index (χ2n) is 12.6. The summed E-state index contributed by atoms with van der Waals surface area (Å²) in [4.78, 5) is 11.0. The minimum Gasteiger partial charge on any atom is -0.292 e. The average molecular weight is 596 g/mol. The predicted molar refractivity (Wildman–Crippen MR) is 196 cm³/mol. The van der Waals surface area contributed by atoms with Crippen molar-refractivity contribution in [2.24, 2.45) is 0 Å². The molecule has 0 saturated heterocycles. The molecule has 0 spiro atoms. The Kier molecular flexibility index (Phi) is 4.84. The van der Waals surface area contributed by atoms with E-state index in [-0.39, 0.29) is 0 Å². The second-order valence-corrected chi connectivity index (χ2v) is 12.6.